The monoisotopic (exact) mass is 310 g/mol. The second-order valence-corrected chi connectivity index (χ2v) is 5.83. The molecule has 0 aromatic carbocycles. The predicted molar refractivity (Wildman–Crippen MR) is 66.6 cm³/mol. The third-order valence-electron chi connectivity index (χ3n) is 2.21. The van der Waals surface area contributed by atoms with Crippen molar-refractivity contribution < 1.29 is 15.0 Å². The highest BCUT2D eigenvalue weighted by Crippen LogP contribution is 2.31. The van der Waals surface area contributed by atoms with E-state index >= 15 is 0 Å². The number of carbonyl (C=O) groups is 1. The molecule has 2 unspecified atom stereocenters. The number of aliphatic hydroxyl groups is 2. The third-order valence-corrected chi connectivity index (χ3v) is 2.73. The first-order chi connectivity index (χ1) is 8.27. The molecular weight excluding hydrogens is 302 g/mol. The van der Waals surface area contributed by atoms with Crippen molar-refractivity contribution in [2.24, 2.45) is 0 Å². The zero-order valence-electron chi connectivity index (χ0n) is 8.90. The van der Waals surface area contributed by atoms with Crippen molar-refractivity contribution in [1.82, 2.24) is 4.98 Å². The molecule has 2 atom stereocenters. The summed E-state index contributed by atoms with van der Waals surface area (Å²) in [4.78, 5) is 14.1. The van der Waals surface area contributed by atoms with E-state index in [-0.39, 0.29) is 17.7 Å². The number of ketones is 1. The van der Waals surface area contributed by atoms with Crippen molar-refractivity contribution in [1.29, 1.82) is 5.26 Å². The summed E-state index contributed by atoms with van der Waals surface area (Å²) in [6.07, 6.45) is -1.48. The topological polar surface area (TPSA) is 97.1 Å². The number of hydrogen-bond acceptors (Lipinski definition) is 4. The largest absolute Gasteiger partial charge is 0.389 e. The molecule has 18 heavy (non-hydrogen) atoms. The first kappa shape index (κ1) is 15.3. The standard InChI is InChI=1S/C10H9Cl3N2O3/c11-10(12,13)9(18)6-3-5(4-15-6)8(17)7(16)1-2-14/h3-4,7-8,15-17H,1H2. The average Bonchev–Trinajstić information content (AvgIpc) is 2.75. The molecule has 1 aromatic rings. The van der Waals surface area contributed by atoms with Crippen LogP contribution < -0.4 is 0 Å². The van der Waals surface area contributed by atoms with Crippen molar-refractivity contribution in [3.05, 3.63) is 23.5 Å². The van der Waals surface area contributed by atoms with E-state index in [0.717, 1.165) is 0 Å². The molecule has 1 heterocycles. The zero-order chi connectivity index (χ0) is 13.9. The number of alkyl halides is 3. The van der Waals surface area contributed by atoms with Gasteiger partial charge in [0.25, 0.3) is 3.79 Å². The number of Topliss-reactive ketones (excluding diaryl/α,β-unsaturated/α-hetero) is 1. The molecule has 8 heteroatoms. The van der Waals surface area contributed by atoms with Crippen molar-refractivity contribution in [3.8, 4) is 6.07 Å². The lowest BCUT2D eigenvalue weighted by atomic mass is 10.1. The molecule has 1 aromatic heterocycles. The minimum absolute atomic E-state index is 0.00629. The molecule has 3 N–H and O–H groups in total. The van der Waals surface area contributed by atoms with Gasteiger partial charge in [0.2, 0.25) is 5.78 Å². The van der Waals surface area contributed by atoms with Crippen LogP contribution in [0.4, 0.5) is 0 Å². The van der Waals surface area contributed by atoms with E-state index in [4.69, 9.17) is 40.1 Å². The number of aliphatic hydroxyl groups excluding tert-OH is 2. The van der Waals surface area contributed by atoms with Crippen LogP contribution in [0, 0.1) is 11.3 Å². The van der Waals surface area contributed by atoms with Crippen LogP contribution in [0.5, 0.6) is 0 Å². The van der Waals surface area contributed by atoms with Crippen LogP contribution >= 0.6 is 34.8 Å². The van der Waals surface area contributed by atoms with Crippen LogP contribution in [0.15, 0.2) is 12.3 Å². The Morgan fingerprint density at radius 1 is 1.50 bits per heavy atom. The second-order valence-electron chi connectivity index (χ2n) is 3.55. The highest BCUT2D eigenvalue weighted by Gasteiger charge is 2.33. The average molecular weight is 312 g/mol. The summed E-state index contributed by atoms with van der Waals surface area (Å²) in [6.45, 7) is 0. The summed E-state index contributed by atoms with van der Waals surface area (Å²) < 4.78 is -2.10. The maximum Gasteiger partial charge on any atom is 0.254 e. The van der Waals surface area contributed by atoms with Gasteiger partial charge < -0.3 is 15.2 Å². The number of hydrogen-bond donors (Lipinski definition) is 3. The third kappa shape index (κ3) is 3.61. The SMILES string of the molecule is N#CCC(O)C(O)c1c[nH]c(C(=O)C(Cl)(Cl)Cl)c1. The van der Waals surface area contributed by atoms with E-state index in [1.165, 1.54) is 12.3 Å². The van der Waals surface area contributed by atoms with Gasteiger partial charge in [0.1, 0.15) is 6.10 Å². The Bertz CT molecular complexity index is 475. The Morgan fingerprint density at radius 3 is 2.61 bits per heavy atom. The minimum Gasteiger partial charge on any atom is -0.389 e. The number of carbonyl (C=O) groups excluding carboxylic acids is 1. The number of nitriles is 1. The van der Waals surface area contributed by atoms with Gasteiger partial charge in [-0.2, -0.15) is 5.26 Å². The molecule has 98 valence electrons. The highest BCUT2D eigenvalue weighted by molar-refractivity contribution is 6.77. The Labute approximate surface area is 118 Å². The molecule has 1 rings (SSSR count). The van der Waals surface area contributed by atoms with Gasteiger partial charge in [-0.3, -0.25) is 4.79 Å². The van der Waals surface area contributed by atoms with E-state index in [0.29, 0.717) is 0 Å². The summed E-state index contributed by atoms with van der Waals surface area (Å²) in [6, 6.07) is 2.98. The first-order valence-corrected chi connectivity index (χ1v) is 5.93. The smallest absolute Gasteiger partial charge is 0.254 e. The molecular formula is C10H9Cl3N2O3. The van der Waals surface area contributed by atoms with Crippen LogP contribution in [0.3, 0.4) is 0 Å². The number of H-pyrrole nitrogens is 1. The maximum absolute atomic E-state index is 11.6. The zero-order valence-corrected chi connectivity index (χ0v) is 11.2. The summed E-state index contributed by atoms with van der Waals surface area (Å²) in [5, 5.41) is 27.5. The van der Waals surface area contributed by atoms with Gasteiger partial charge in [0, 0.05) is 11.8 Å². The van der Waals surface area contributed by atoms with Crippen LogP contribution in [0.2, 0.25) is 0 Å². The highest BCUT2D eigenvalue weighted by atomic mass is 35.6. The van der Waals surface area contributed by atoms with E-state index in [1.807, 2.05) is 0 Å². The lowest BCUT2D eigenvalue weighted by molar-refractivity contribution is 0.0217. The quantitative estimate of drug-likeness (QED) is 0.584. The van der Waals surface area contributed by atoms with Crippen LogP contribution in [-0.2, 0) is 0 Å². The maximum atomic E-state index is 11.6. The lowest BCUT2D eigenvalue weighted by Crippen LogP contribution is -2.19. The molecule has 0 saturated carbocycles. The van der Waals surface area contributed by atoms with Gasteiger partial charge in [-0.15, -0.1) is 0 Å². The van der Waals surface area contributed by atoms with Gasteiger partial charge >= 0.3 is 0 Å². The first-order valence-electron chi connectivity index (χ1n) is 4.80. The minimum atomic E-state index is -2.10. The number of nitrogens with one attached hydrogen (secondary N) is 1. The van der Waals surface area contributed by atoms with E-state index in [9.17, 15) is 15.0 Å². The van der Waals surface area contributed by atoms with Crippen LogP contribution in [0.1, 0.15) is 28.6 Å². The Kier molecular flexibility index (Phi) is 5.02. The Hall–Kier alpha value is -0.770. The molecule has 0 radical (unpaired) electrons. The van der Waals surface area contributed by atoms with Crippen molar-refractivity contribution >= 4 is 40.6 Å². The van der Waals surface area contributed by atoms with E-state index in [2.05, 4.69) is 4.98 Å². The van der Waals surface area contributed by atoms with Gasteiger partial charge in [-0.1, -0.05) is 34.8 Å². The van der Waals surface area contributed by atoms with Crippen molar-refractivity contribution in [2.45, 2.75) is 22.4 Å². The van der Waals surface area contributed by atoms with Crippen LogP contribution in [-0.4, -0.2) is 30.9 Å². The predicted octanol–water partition coefficient (Wildman–Crippen LogP) is 1.88. The fraction of sp³-hybridized carbons (Fsp3) is 0.400. The summed E-state index contributed by atoms with van der Waals surface area (Å²) in [5.74, 6) is -0.777. The number of rotatable bonds is 4. The Morgan fingerprint density at radius 2 is 2.11 bits per heavy atom. The lowest BCUT2D eigenvalue weighted by Gasteiger charge is -2.13. The molecule has 0 aliphatic carbocycles. The van der Waals surface area contributed by atoms with Crippen molar-refractivity contribution in [2.75, 3.05) is 0 Å². The second kappa shape index (κ2) is 5.91. The summed E-state index contributed by atoms with van der Waals surface area (Å²) >= 11 is 16.3. The molecule has 0 fully saturated rings. The Balaban J connectivity index is 2.88. The molecule has 0 amide bonds. The molecule has 0 spiro atoms. The molecule has 0 bridgehead atoms. The van der Waals surface area contributed by atoms with Gasteiger partial charge in [-0.25, -0.2) is 0 Å². The fourth-order valence-corrected chi connectivity index (χ4v) is 1.60. The number of halogens is 3. The van der Waals surface area contributed by atoms with Gasteiger partial charge in [0.05, 0.1) is 24.3 Å². The normalized spacial score (nSPS) is 14.9. The van der Waals surface area contributed by atoms with E-state index in [1.54, 1.807) is 6.07 Å². The fourth-order valence-electron chi connectivity index (χ4n) is 1.29. The van der Waals surface area contributed by atoms with Gasteiger partial charge in [0.15, 0.2) is 0 Å². The number of nitrogens with zero attached hydrogens (tertiary/aromatic N) is 1. The molecule has 0 aliphatic rings. The summed E-state index contributed by atoms with van der Waals surface area (Å²) in [5.41, 5.74) is 0.226. The molecule has 0 saturated heterocycles. The number of aromatic nitrogens is 1. The van der Waals surface area contributed by atoms with Gasteiger partial charge in [-0.05, 0) is 6.07 Å². The van der Waals surface area contributed by atoms with Crippen molar-refractivity contribution in [3.63, 3.8) is 0 Å². The number of aromatic amines is 1. The molecule has 5 nitrogen and oxygen atoms in total. The van der Waals surface area contributed by atoms with E-state index < -0.39 is 21.8 Å². The summed E-state index contributed by atoms with van der Waals surface area (Å²) in [7, 11) is 0. The molecule has 0 aliphatic heterocycles. The van der Waals surface area contributed by atoms with Crippen LogP contribution in [0.25, 0.3) is 0 Å².